The van der Waals surface area contributed by atoms with Crippen LogP contribution in [0, 0.1) is 0 Å². The van der Waals surface area contributed by atoms with Gasteiger partial charge in [0.05, 0.1) is 12.2 Å². The van der Waals surface area contributed by atoms with Crippen LogP contribution in [0.4, 0.5) is 5.69 Å². The molecular weight excluding hydrogens is 270 g/mol. The molecule has 5 heteroatoms. The van der Waals surface area contributed by atoms with Crippen molar-refractivity contribution in [1.29, 1.82) is 0 Å². The zero-order valence-corrected chi connectivity index (χ0v) is 11.3. The number of ether oxygens (including phenoxy) is 2. The summed E-state index contributed by atoms with van der Waals surface area (Å²) in [5, 5.41) is 11.8. The first-order valence-corrected chi connectivity index (χ1v) is 6.67. The molecule has 2 aromatic carbocycles. The van der Waals surface area contributed by atoms with Gasteiger partial charge in [0.1, 0.15) is 13.2 Å². The van der Waals surface area contributed by atoms with E-state index in [9.17, 15) is 4.79 Å². The highest BCUT2D eigenvalue weighted by atomic mass is 16.6. The van der Waals surface area contributed by atoms with Gasteiger partial charge in [0.2, 0.25) is 0 Å². The van der Waals surface area contributed by atoms with E-state index in [1.807, 2.05) is 0 Å². The molecule has 3 rings (SSSR count). The van der Waals surface area contributed by atoms with E-state index in [1.165, 1.54) is 0 Å². The number of aliphatic hydroxyl groups excluding tert-OH is 1. The molecule has 2 N–H and O–H groups in total. The van der Waals surface area contributed by atoms with E-state index >= 15 is 0 Å². The van der Waals surface area contributed by atoms with Crippen LogP contribution in [-0.2, 0) is 6.61 Å². The Balaban J connectivity index is 1.82. The van der Waals surface area contributed by atoms with Crippen molar-refractivity contribution < 1.29 is 19.4 Å². The molecule has 1 aliphatic heterocycles. The van der Waals surface area contributed by atoms with Crippen molar-refractivity contribution in [3.05, 3.63) is 53.6 Å². The Bertz CT molecular complexity index is 652. The molecule has 1 aliphatic rings. The molecule has 0 unspecified atom stereocenters. The Morgan fingerprint density at radius 1 is 1.10 bits per heavy atom. The summed E-state index contributed by atoms with van der Waals surface area (Å²) in [5.74, 6) is 0.812. The van der Waals surface area contributed by atoms with Crippen LogP contribution < -0.4 is 14.8 Å². The molecule has 0 radical (unpaired) electrons. The number of rotatable bonds is 3. The Kier molecular flexibility index (Phi) is 3.75. The molecule has 0 aliphatic carbocycles. The monoisotopic (exact) mass is 285 g/mol. The predicted molar refractivity (Wildman–Crippen MR) is 77.8 cm³/mol. The highest BCUT2D eigenvalue weighted by molar-refractivity contribution is 6.06. The number of aliphatic hydroxyl groups is 1. The molecule has 1 amide bonds. The molecule has 0 saturated heterocycles. The lowest BCUT2D eigenvalue weighted by molar-refractivity contribution is 0.101. The van der Waals surface area contributed by atoms with E-state index in [2.05, 4.69) is 5.32 Å². The average molecular weight is 285 g/mol. The van der Waals surface area contributed by atoms with Crippen molar-refractivity contribution in [2.24, 2.45) is 0 Å². The minimum absolute atomic E-state index is 0.0222. The topological polar surface area (TPSA) is 67.8 Å². The summed E-state index contributed by atoms with van der Waals surface area (Å²) in [7, 11) is 0. The minimum Gasteiger partial charge on any atom is -0.486 e. The number of anilines is 1. The van der Waals surface area contributed by atoms with Gasteiger partial charge in [0.25, 0.3) is 5.91 Å². The van der Waals surface area contributed by atoms with Crippen molar-refractivity contribution >= 4 is 11.6 Å². The summed E-state index contributed by atoms with van der Waals surface area (Å²) in [6, 6.07) is 12.3. The van der Waals surface area contributed by atoms with Crippen LogP contribution in [0.3, 0.4) is 0 Å². The van der Waals surface area contributed by atoms with E-state index in [0.717, 1.165) is 5.56 Å². The predicted octanol–water partition coefficient (Wildman–Crippen LogP) is 2.20. The lowest BCUT2D eigenvalue weighted by Crippen LogP contribution is -2.20. The second-order valence-electron chi connectivity index (χ2n) is 4.64. The summed E-state index contributed by atoms with van der Waals surface area (Å²) in [6.45, 7) is 0.898. The molecule has 0 bridgehead atoms. The highest BCUT2D eigenvalue weighted by Gasteiger charge is 2.20. The molecular formula is C16H15NO4. The smallest absolute Gasteiger partial charge is 0.259 e. The number of hydrogen-bond donors (Lipinski definition) is 2. The lowest BCUT2D eigenvalue weighted by atomic mass is 10.1. The summed E-state index contributed by atoms with van der Waals surface area (Å²) in [4.78, 5) is 12.3. The summed E-state index contributed by atoms with van der Waals surface area (Å²) < 4.78 is 11.0. The van der Waals surface area contributed by atoms with Crippen LogP contribution in [0.1, 0.15) is 15.9 Å². The van der Waals surface area contributed by atoms with Gasteiger partial charge in [-0.3, -0.25) is 4.79 Å². The van der Waals surface area contributed by atoms with Gasteiger partial charge >= 0.3 is 0 Å². The lowest BCUT2D eigenvalue weighted by Gasteiger charge is -2.20. The molecule has 5 nitrogen and oxygen atoms in total. The van der Waals surface area contributed by atoms with Crippen molar-refractivity contribution in [2.75, 3.05) is 18.5 Å². The fraction of sp³-hybridized carbons (Fsp3) is 0.188. The number of para-hydroxylation sites is 1. The van der Waals surface area contributed by atoms with Crippen LogP contribution >= 0.6 is 0 Å². The normalized spacial score (nSPS) is 12.8. The van der Waals surface area contributed by atoms with Gasteiger partial charge in [-0.1, -0.05) is 18.2 Å². The quantitative estimate of drug-likeness (QED) is 0.907. The van der Waals surface area contributed by atoms with Crippen molar-refractivity contribution in [1.82, 2.24) is 0 Å². The van der Waals surface area contributed by atoms with E-state index in [0.29, 0.717) is 36.0 Å². The number of amides is 1. The molecule has 0 saturated carbocycles. The third-order valence-electron chi connectivity index (χ3n) is 3.21. The van der Waals surface area contributed by atoms with E-state index < -0.39 is 0 Å². The van der Waals surface area contributed by atoms with Gasteiger partial charge in [-0.05, 0) is 29.8 Å². The average Bonchev–Trinajstić information content (AvgIpc) is 2.55. The summed E-state index contributed by atoms with van der Waals surface area (Å²) in [6.07, 6.45) is 0. The van der Waals surface area contributed by atoms with Crippen molar-refractivity contribution in [3.8, 4) is 11.5 Å². The third kappa shape index (κ3) is 2.83. The van der Waals surface area contributed by atoms with Crippen LogP contribution in [0.25, 0.3) is 0 Å². The first-order chi connectivity index (χ1) is 10.3. The fourth-order valence-corrected chi connectivity index (χ4v) is 2.14. The van der Waals surface area contributed by atoms with Crippen molar-refractivity contribution in [2.45, 2.75) is 6.61 Å². The van der Waals surface area contributed by atoms with Gasteiger partial charge < -0.3 is 19.9 Å². The van der Waals surface area contributed by atoms with Crippen LogP contribution in [0.2, 0.25) is 0 Å². The maximum Gasteiger partial charge on any atom is 0.259 e. The number of carbonyl (C=O) groups excluding carboxylic acids is 1. The zero-order valence-electron chi connectivity index (χ0n) is 11.3. The van der Waals surface area contributed by atoms with Crippen LogP contribution in [-0.4, -0.2) is 24.2 Å². The SMILES string of the molecule is O=C(Nc1ccc(CO)cc1)c1cccc2c1OCCO2. The molecule has 0 aromatic heterocycles. The second kappa shape index (κ2) is 5.85. The summed E-state index contributed by atoms with van der Waals surface area (Å²) >= 11 is 0. The van der Waals surface area contributed by atoms with Crippen molar-refractivity contribution in [3.63, 3.8) is 0 Å². The van der Waals surface area contributed by atoms with Gasteiger partial charge in [0.15, 0.2) is 11.5 Å². The number of nitrogens with one attached hydrogen (secondary N) is 1. The van der Waals surface area contributed by atoms with Gasteiger partial charge in [-0.2, -0.15) is 0 Å². The van der Waals surface area contributed by atoms with Gasteiger partial charge in [-0.15, -0.1) is 0 Å². The van der Waals surface area contributed by atoms with E-state index in [-0.39, 0.29) is 12.5 Å². The van der Waals surface area contributed by atoms with Crippen LogP contribution in [0.5, 0.6) is 11.5 Å². The third-order valence-corrected chi connectivity index (χ3v) is 3.21. The molecule has 0 atom stereocenters. The molecule has 1 heterocycles. The Morgan fingerprint density at radius 3 is 2.62 bits per heavy atom. The van der Waals surface area contributed by atoms with E-state index in [4.69, 9.17) is 14.6 Å². The minimum atomic E-state index is -0.255. The summed E-state index contributed by atoms with van der Waals surface area (Å²) in [5.41, 5.74) is 1.90. The maximum atomic E-state index is 12.3. The number of carbonyl (C=O) groups is 1. The molecule has 108 valence electrons. The standard InChI is InChI=1S/C16H15NO4/c18-10-11-4-6-12(7-5-11)17-16(19)13-2-1-3-14-15(13)21-9-8-20-14/h1-7,18H,8-10H2,(H,17,19). The number of benzene rings is 2. The zero-order chi connectivity index (χ0) is 14.7. The molecule has 0 fully saturated rings. The Morgan fingerprint density at radius 2 is 1.86 bits per heavy atom. The van der Waals surface area contributed by atoms with E-state index in [1.54, 1.807) is 42.5 Å². The highest BCUT2D eigenvalue weighted by Crippen LogP contribution is 2.33. The molecule has 21 heavy (non-hydrogen) atoms. The first kappa shape index (κ1) is 13.5. The number of fused-ring (bicyclic) bond motifs is 1. The van der Waals surface area contributed by atoms with Crippen LogP contribution in [0.15, 0.2) is 42.5 Å². The van der Waals surface area contributed by atoms with Gasteiger partial charge in [-0.25, -0.2) is 0 Å². The second-order valence-corrected chi connectivity index (χ2v) is 4.64. The first-order valence-electron chi connectivity index (χ1n) is 6.67. The largest absolute Gasteiger partial charge is 0.486 e. The number of hydrogen-bond acceptors (Lipinski definition) is 4. The maximum absolute atomic E-state index is 12.3. The Hall–Kier alpha value is -2.53. The van der Waals surface area contributed by atoms with Gasteiger partial charge in [0, 0.05) is 5.69 Å². The fourth-order valence-electron chi connectivity index (χ4n) is 2.14. The Labute approximate surface area is 122 Å². The molecule has 2 aromatic rings. The molecule has 0 spiro atoms.